The molecule has 1 aliphatic rings. The van der Waals surface area contributed by atoms with Gasteiger partial charge >= 0.3 is 0 Å². The summed E-state index contributed by atoms with van der Waals surface area (Å²) in [6.45, 7) is 2.28. The smallest absolute Gasteiger partial charge is 0.0681 e. The minimum Gasteiger partial charge on any atom is -0.392 e. The molecule has 2 aromatic rings. The van der Waals surface area contributed by atoms with Gasteiger partial charge in [0.2, 0.25) is 0 Å². The largest absolute Gasteiger partial charge is 0.392 e. The second-order valence-electron chi connectivity index (χ2n) is 4.61. The van der Waals surface area contributed by atoms with Crippen LogP contribution in [0.1, 0.15) is 24.0 Å². The van der Waals surface area contributed by atoms with Gasteiger partial charge in [0.05, 0.1) is 13.2 Å². The van der Waals surface area contributed by atoms with Gasteiger partial charge in [-0.2, -0.15) is 0 Å². The van der Waals surface area contributed by atoms with E-state index in [1.807, 2.05) is 60.7 Å². The summed E-state index contributed by atoms with van der Waals surface area (Å²) in [4.78, 5) is 0. The third-order valence-electron chi connectivity index (χ3n) is 2.88. The molecule has 4 heteroatoms. The number of benzene rings is 2. The molecule has 2 N–H and O–H groups in total. The Hall–Kier alpha value is -1.06. The van der Waals surface area contributed by atoms with E-state index in [0.29, 0.717) is 0 Å². The summed E-state index contributed by atoms with van der Waals surface area (Å²) in [5.41, 5.74) is 1.93. The average Bonchev–Trinajstić information content (AvgIpc) is 3.17. The van der Waals surface area contributed by atoms with Crippen molar-refractivity contribution < 1.29 is 34.4 Å². The quantitative estimate of drug-likeness (QED) is 0.815. The van der Waals surface area contributed by atoms with Crippen molar-refractivity contribution >= 4 is 0 Å². The second kappa shape index (κ2) is 14.9. The fourth-order valence-corrected chi connectivity index (χ4v) is 1.68. The number of aliphatic hydroxyl groups is 2. The summed E-state index contributed by atoms with van der Waals surface area (Å²) in [5.74, 6) is 0. The Morgan fingerprint density at radius 3 is 1.23 bits per heavy atom. The van der Waals surface area contributed by atoms with Gasteiger partial charge in [-0.05, 0) is 24.0 Å². The van der Waals surface area contributed by atoms with E-state index >= 15 is 0 Å². The van der Waals surface area contributed by atoms with Gasteiger partial charge < -0.3 is 14.9 Å². The molecule has 22 heavy (non-hydrogen) atoms. The van der Waals surface area contributed by atoms with Crippen molar-refractivity contribution in [3.63, 3.8) is 0 Å². The summed E-state index contributed by atoms with van der Waals surface area (Å²) >= 11 is 0. The van der Waals surface area contributed by atoms with Gasteiger partial charge in [0.1, 0.15) is 0 Å². The van der Waals surface area contributed by atoms with E-state index in [1.165, 1.54) is 12.8 Å². The van der Waals surface area contributed by atoms with Gasteiger partial charge in [0.25, 0.3) is 0 Å². The molecule has 0 aromatic heterocycles. The van der Waals surface area contributed by atoms with E-state index < -0.39 is 0 Å². The molecule has 3 rings (SSSR count). The molecule has 0 unspecified atom stereocenters. The van der Waals surface area contributed by atoms with Crippen LogP contribution in [0.5, 0.6) is 0 Å². The monoisotopic (exact) mass is 352 g/mol. The molecule has 0 radical (unpaired) electrons. The molecular formula is C18H24O3Zn. The van der Waals surface area contributed by atoms with Gasteiger partial charge in [0, 0.05) is 32.7 Å². The molecule has 0 atom stereocenters. The van der Waals surface area contributed by atoms with Crippen LogP contribution in [0.15, 0.2) is 60.7 Å². The van der Waals surface area contributed by atoms with Gasteiger partial charge in [0.15, 0.2) is 0 Å². The first kappa shape index (κ1) is 20.9. The summed E-state index contributed by atoms with van der Waals surface area (Å²) < 4.78 is 4.94. The van der Waals surface area contributed by atoms with Crippen molar-refractivity contribution in [3.8, 4) is 0 Å². The molecule has 1 aliphatic heterocycles. The topological polar surface area (TPSA) is 49.7 Å². The summed E-state index contributed by atoms with van der Waals surface area (Å²) in [5, 5.41) is 17.1. The van der Waals surface area contributed by atoms with Crippen molar-refractivity contribution in [2.45, 2.75) is 26.1 Å². The van der Waals surface area contributed by atoms with Crippen molar-refractivity contribution in [2.24, 2.45) is 0 Å². The van der Waals surface area contributed by atoms with Gasteiger partial charge in [-0.1, -0.05) is 60.7 Å². The van der Waals surface area contributed by atoms with E-state index in [1.54, 1.807) is 0 Å². The Morgan fingerprint density at radius 2 is 1.05 bits per heavy atom. The molecule has 0 saturated carbocycles. The molecule has 0 amide bonds. The molecule has 0 spiro atoms. The molecular weight excluding hydrogens is 330 g/mol. The maximum Gasteiger partial charge on any atom is 0.0681 e. The molecule has 1 fully saturated rings. The van der Waals surface area contributed by atoms with Gasteiger partial charge in [-0.15, -0.1) is 0 Å². The maximum absolute atomic E-state index is 8.54. The van der Waals surface area contributed by atoms with Crippen LogP contribution in [0.3, 0.4) is 0 Å². The number of hydrogen-bond acceptors (Lipinski definition) is 3. The second-order valence-corrected chi connectivity index (χ2v) is 4.61. The van der Waals surface area contributed by atoms with Gasteiger partial charge in [-0.25, -0.2) is 0 Å². The average molecular weight is 354 g/mol. The Labute approximate surface area is 145 Å². The van der Waals surface area contributed by atoms with Crippen LogP contribution < -0.4 is 0 Å². The minimum absolute atomic E-state index is 0. The minimum atomic E-state index is 0. The van der Waals surface area contributed by atoms with Gasteiger partial charge in [-0.3, -0.25) is 0 Å². The van der Waals surface area contributed by atoms with Crippen LogP contribution >= 0.6 is 0 Å². The van der Waals surface area contributed by atoms with E-state index in [4.69, 9.17) is 14.9 Å². The molecule has 116 valence electrons. The van der Waals surface area contributed by atoms with E-state index in [-0.39, 0.29) is 32.7 Å². The Morgan fingerprint density at radius 1 is 0.682 bits per heavy atom. The summed E-state index contributed by atoms with van der Waals surface area (Å²) in [6, 6.07) is 19.0. The van der Waals surface area contributed by atoms with Crippen molar-refractivity contribution in [2.75, 3.05) is 13.2 Å². The Bertz CT molecular complexity index is 397. The third-order valence-corrected chi connectivity index (χ3v) is 2.88. The van der Waals surface area contributed by atoms with Crippen molar-refractivity contribution in [1.29, 1.82) is 0 Å². The van der Waals surface area contributed by atoms with Crippen LogP contribution in [0, 0.1) is 0 Å². The fraction of sp³-hybridized carbons (Fsp3) is 0.333. The normalized spacial score (nSPS) is 12.1. The standard InChI is InChI=1S/2C7H8O.C4H8O.Zn/c2*8-6-7-4-2-1-3-5-7;1-2-4-5-3-1;/h2*1-5,8H,6H2;1-4H2;. The van der Waals surface area contributed by atoms with Crippen molar-refractivity contribution in [1.82, 2.24) is 0 Å². The summed E-state index contributed by atoms with van der Waals surface area (Å²) in [6.07, 6.45) is 2.56. The zero-order valence-corrected chi connectivity index (χ0v) is 16.0. The molecule has 1 heterocycles. The summed E-state index contributed by atoms with van der Waals surface area (Å²) in [7, 11) is 0. The first-order valence-electron chi connectivity index (χ1n) is 7.24. The van der Waals surface area contributed by atoms with E-state index in [9.17, 15) is 0 Å². The van der Waals surface area contributed by atoms with Crippen molar-refractivity contribution in [3.05, 3.63) is 71.8 Å². The number of ether oxygens (including phenoxy) is 1. The first-order chi connectivity index (χ1) is 10.4. The number of hydrogen-bond donors (Lipinski definition) is 2. The van der Waals surface area contributed by atoms with Crippen LogP contribution in [0.4, 0.5) is 0 Å². The Balaban J connectivity index is 0.000000302. The molecule has 2 aromatic carbocycles. The predicted octanol–water partition coefficient (Wildman–Crippen LogP) is 3.15. The number of aliphatic hydroxyl groups excluding tert-OH is 2. The SMILES string of the molecule is C1CCOC1.OCc1ccccc1.OCc1ccccc1.[Zn]. The predicted molar refractivity (Wildman–Crippen MR) is 84.8 cm³/mol. The molecule has 0 aliphatic carbocycles. The van der Waals surface area contributed by atoms with Crippen LogP contribution in [-0.4, -0.2) is 23.4 Å². The van der Waals surface area contributed by atoms with Crippen LogP contribution in [-0.2, 0) is 37.4 Å². The molecule has 1 saturated heterocycles. The fourth-order valence-electron chi connectivity index (χ4n) is 1.68. The zero-order valence-electron chi connectivity index (χ0n) is 13.0. The first-order valence-corrected chi connectivity index (χ1v) is 7.24. The van der Waals surface area contributed by atoms with E-state index in [0.717, 1.165) is 24.3 Å². The number of rotatable bonds is 2. The van der Waals surface area contributed by atoms with E-state index in [2.05, 4.69) is 0 Å². The molecule has 0 bridgehead atoms. The molecule has 3 nitrogen and oxygen atoms in total. The third kappa shape index (κ3) is 10.6. The Kier molecular flexibility index (Phi) is 14.1. The van der Waals surface area contributed by atoms with Crippen LogP contribution in [0.2, 0.25) is 0 Å². The zero-order chi connectivity index (χ0) is 15.2. The maximum atomic E-state index is 8.54. The van der Waals surface area contributed by atoms with Crippen LogP contribution in [0.25, 0.3) is 0 Å².